The molecule has 0 saturated carbocycles. The lowest BCUT2D eigenvalue weighted by Crippen LogP contribution is -2.26. The minimum atomic E-state index is -0.0497. The smallest absolute Gasteiger partial charge is 0.147 e. The number of aryl methyl sites for hydroxylation is 1. The van der Waals surface area contributed by atoms with Crippen molar-refractivity contribution in [3.8, 4) is 0 Å². The molecular weight excluding hydrogens is 188 g/mol. The van der Waals surface area contributed by atoms with Crippen molar-refractivity contribution in [3.05, 3.63) is 47.9 Å². The fourth-order valence-corrected chi connectivity index (χ4v) is 1.47. The largest absolute Gasteiger partial charge is 0.363 e. The molecule has 1 N–H and O–H groups in total. The molecule has 1 atom stereocenters. The van der Waals surface area contributed by atoms with E-state index in [4.69, 9.17) is 4.74 Å². The topological polar surface area (TPSA) is 34.1 Å². The van der Waals surface area contributed by atoms with Crippen molar-refractivity contribution < 1.29 is 4.74 Å². The van der Waals surface area contributed by atoms with Gasteiger partial charge in [-0.2, -0.15) is 0 Å². The number of pyridine rings is 1. The van der Waals surface area contributed by atoms with Gasteiger partial charge in [0.2, 0.25) is 0 Å². The van der Waals surface area contributed by atoms with E-state index in [1.54, 1.807) is 7.11 Å². The molecule has 78 valence electrons. The summed E-state index contributed by atoms with van der Waals surface area (Å²) in [4.78, 5) is 4.27. The van der Waals surface area contributed by atoms with E-state index in [0.29, 0.717) is 0 Å². The van der Waals surface area contributed by atoms with Crippen LogP contribution >= 0.6 is 0 Å². The lowest BCUT2D eigenvalue weighted by molar-refractivity contribution is 0.124. The lowest BCUT2D eigenvalue weighted by Gasteiger charge is -2.17. The van der Waals surface area contributed by atoms with E-state index in [2.05, 4.69) is 16.4 Å². The van der Waals surface area contributed by atoms with Crippen LogP contribution in [0.3, 0.4) is 0 Å². The van der Waals surface area contributed by atoms with Crippen LogP contribution in [0.5, 0.6) is 0 Å². The first kappa shape index (κ1) is 9.93. The minimum absolute atomic E-state index is 0.0497. The molecule has 1 unspecified atom stereocenters. The van der Waals surface area contributed by atoms with Gasteiger partial charge in [-0.3, -0.25) is 4.98 Å². The first-order valence-corrected chi connectivity index (χ1v) is 4.90. The molecule has 3 nitrogen and oxygen atoms in total. The maximum absolute atomic E-state index is 5.21. The second kappa shape index (κ2) is 4.28. The van der Waals surface area contributed by atoms with Crippen molar-refractivity contribution in [3.63, 3.8) is 0 Å². The zero-order valence-electron chi connectivity index (χ0n) is 8.90. The van der Waals surface area contributed by atoms with Crippen LogP contribution in [0, 0.1) is 6.92 Å². The Labute approximate surface area is 89.5 Å². The van der Waals surface area contributed by atoms with E-state index in [9.17, 15) is 0 Å². The van der Waals surface area contributed by atoms with Crippen LogP contribution in [-0.2, 0) is 4.74 Å². The number of allylic oxidation sites excluding steroid dienone is 2. The van der Waals surface area contributed by atoms with Gasteiger partial charge >= 0.3 is 0 Å². The second-order valence-corrected chi connectivity index (χ2v) is 3.47. The highest BCUT2D eigenvalue weighted by molar-refractivity contribution is 5.74. The van der Waals surface area contributed by atoms with E-state index in [1.165, 1.54) is 0 Å². The van der Waals surface area contributed by atoms with Crippen LogP contribution in [0.25, 0.3) is 5.57 Å². The highest BCUT2D eigenvalue weighted by Crippen LogP contribution is 2.18. The molecule has 1 aromatic rings. The van der Waals surface area contributed by atoms with Gasteiger partial charge < -0.3 is 10.1 Å². The number of ether oxygens (including phenoxy) is 1. The molecule has 3 heteroatoms. The molecular formula is C12H14N2O. The van der Waals surface area contributed by atoms with Gasteiger partial charge in [0.15, 0.2) is 0 Å². The van der Waals surface area contributed by atoms with Gasteiger partial charge in [0.25, 0.3) is 0 Å². The molecule has 0 aliphatic carbocycles. The zero-order chi connectivity index (χ0) is 10.7. The van der Waals surface area contributed by atoms with Gasteiger partial charge in [0.05, 0.1) is 0 Å². The Hall–Kier alpha value is -1.61. The molecule has 0 radical (unpaired) electrons. The number of dihydropyridines is 1. The molecule has 1 aliphatic rings. The maximum atomic E-state index is 5.21. The van der Waals surface area contributed by atoms with Crippen molar-refractivity contribution in [2.24, 2.45) is 0 Å². The molecule has 1 aromatic heterocycles. The summed E-state index contributed by atoms with van der Waals surface area (Å²) in [6.07, 6.45) is 7.77. The Bertz CT molecular complexity index is 393. The van der Waals surface area contributed by atoms with Gasteiger partial charge in [-0.15, -0.1) is 0 Å². The predicted octanol–water partition coefficient (Wildman–Crippen LogP) is 1.86. The Kier molecular flexibility index (Phi) is 2.83. The second-order valence-electron chi connectivity index (χ2n) is 3.47. The summed E-state index contributed by atoms with van der Waals surface area (Å²) >= 11 is 0. The fourth-order valence-electron chi connectivity index (χ4n) is 1.47. The van der Waals surface area contributed by atoms with E-state index in [-0.39, 0.29) is 6.23 Å². The number of aromatic nitrogens is 1. The standard InChI is InChI=1S/C12H14N2O/c1-9-3-4-11(8-14-9)10-5-6-13-12(7-10)15-2/h3-8,12-13H,1-2H3. The highest BCUT2D eigenvalue weighted by Gasteiger charge is 2.08. The number of nitrogens with one attached hydrogen (secondary N) is 1. The first-order chi connectivity index (χ1) is 7.29. The van der Waals surface area contributed by atoms with Gasteiger partial charge in [0, 0.05) is 19.0 Å². The molecule has 0 bridgehead atoms. The SMILES string of the molecule is COC1C=C(c2ccc(C)nc2)C=CN1. The van der Waals surface area contributed by atoms with Crippen LogP contribution in [0.4, 0.5) is 0 Å². The number of rotatable bonds is 2. The Balaban J connectivity index is 2.26. The molecule has 15 heavy (non-hydrogen) atoms. The fraction of sp³-hybridized carbons (Fsp3) is 0.250. The van der Waals surface area contributed by atoms with Crippen LogP contribution in [0.15, 0.2) is 36.7 Å². The molecule has 2 heterocycles. The Morgan fingerprint density at radius 2 is 2.27 bits per heavy atom. The average molecular weight is 202 g/mol. The van der Waals surface area contributed by atoms with Crippen LogP contribution in [0.2, 0.25) is 0 Å². The van der Waals surface area contributed by atoms with Crippen LogP contribution < -0.4 is 5.32 Å². The van der Waals surface area contributed by atoms with E-state index < -0.39 is 0 Å². The Morgan fingerprint density at radius 3 is 2.93 bits per heavy atom. The van der Waals surface area contributed by atoms with Gasteiger partial charge in [-0.05, 0) is 42.5 Å². The van der Waals surface area contributed by atoms with E-state index in [0.717, 1.165) is 16.8 Å². The molecule has 0 amide bonds. The average Bonchev–Trinajstić information content (AvgIpc) is 2.30. The number of hydrogen-bond donors (Lipinski definition) is 1. The van der Waals surface area contributed by atoms with Gasteiger partial charge in [-0.1, -0.05) is 6.07 Å². The monoisotopic (exact) mass is 202 g/mol. The van der Waals surface area contributed by atoms with Crippen molar-refractivity contribution in [2.45, 2.75) is 13.2 Å². The summed E-state index contributed by atoms with van der Waals surface area (Å²) in [7, 11) is 1.68. The molecule has 1 aliphatic heterocycles. The normalized spacial score (nSPS) is 19.6. The zero-order valence-corrected chi connectivity index (χ0v) is 8.90. The third kappa shape index (κ3) is 2.25. The molecule has 0 spiro atoms. The summed E-state index contributed by atoms with van der Waals surface area (Å²) in [5.41, 5.74) is 3.27. The number of nitrogens with zero attached hydrogens (tertiary/aromatic N) is 1. The quantitative estimate of drug-likeness (QED) is 0.794. The maximum Gasteiger partial charge on any atom is 0.147 e. The van der Waals surface area contributed by atoms with Gasteiger partial charge in [0.1, 0.15) is 6.23 Å². The summed E-state index contributed by atoms with van der Waals surface area (Å²) in [6, 6.07) is 4.07. The molecule has 2 rings (SSSR count). The summed E-state index contributed by atoms with van der Waals surface area (Å²) in [5.74, 6) is 0. The van der Waals surface area contributed by atoms with Gasteiger partial charge in [-0.25, -0.2) is 0 Å². The molecule has 0 aromatic carbocycles. The van der Waals surface area contributed by atoms with Crippen LogP contribution in [-0.4, -0.2) is 18.3 Å². The summed E-state index contributed by atoms with van der Waals surface area (Å²) < 4.78 is 5.21. The van der Waals surface area contributed by atoms with Crippen molar-refractivity contribution in [2.75, 3.05) is 7.11 Å². The predicted molar refractivity (Wildman–Crippen MR) is 60.0 cm³/mol. The summed E-state index contributed by atoms with van der Waals surface area (Å²) in [5, 5.41) is 3.08. The van der Waals surface area contributed by atoms with Crippen molar-refractivity contribution in [1.82, 2.24) is 10.3 Å². The third-order valence-electron chi connectivity index (χ3n) is 2.35. The van der Waals surface area contributed by atoms with Crippen molar-refractivity contribution in [1.29, 1.82) is 0 Å². The number of hydrogen-bond acceptors (Lipinski definition) is 3. The van der Waals surface area contributed by atoms with E-state index >= 15 is 0 Å². The highest BCUT2D eigenvalue weighted by atomic mass is 16.5. The minimum Gasteiger partial charge on any atom is -0.363 e. The molecule has 0 saturated heterocycles. The van der Waals surface area contributed by atoms with Crippen molar-refractivity contribution >= 4 is 5.57 Å². The molecule has 0 fully saturated rings. The Morgan fingerprint density at radius 1 is 1.40 bits per heavy atom. The van der Waals surface area contributed by atoms with E-state index in [1.807, 2.05) is 37.5 Å². The summed E-state index contributed by atoms with van der Waals surface area (Å²) in [6.45, 7) is 1.98. The first-order valence-electron chi connectivity index (χ1n) is 4.90. The van der Waals surface area contributed by atoms with Crippen LogP contribution in [0.1, 0.15) is 11.3 Å². The number of methoxy groups -OCH3 is 1. The lowest BCUT2D eigenvalue weighted by atomic mass is 10.1. The third-order valence-corrected chi connectivity index (χ3v) is 2.35.